The van der Waals surface area contributed by atoms with Crippen LogP contribution in [-0.4, -0.2) is 10.2 Å². The molecule has 0 atom stereocenters. The molecule has 88 valence electrons. The van der Waals surface area contributed by atoms with Crippen LogP contribution in [0.1, 0.15) is 5.69 Å². The van der Waals surface area contributed by atoms with Gasteiger partial charge in [-0.05, 0) is 24.3 Å². The molecule has 1 heterocycles. The van der Waals surface area contributed by atoms with Gasteiger partial charge in [0.2, 0.25) is 0 Å². The predicted molar refractivity (Wildman–Crippen MR) is 70.2 cm³/mol. The van der Waals surface area contributed by atoms with Gasteiger partial charge in [0.1, 0.15) is 0 Å². The fraction of sp³-hybridized carbons (Fsp3) is 0.0909. The lowest BCUT2D eigenvalue weighted by Crippen LogP contribution is -2.03. The Bertz CT molecular complexity index is 493. The summed E-state index contributed by atoms with van der Waals surface area (Å²) >= 11 is 12.1. The van der Waals surface area contributed by atoms with Crippen LogP contribution in [0.2, 0.25) is 10.0 Å². The molecule has 0 saturated carbocycles. The van der Waals surface area contributed by atoms with Crippen molar-refractivity contribution < 1.29 is 0 Å². The van der Waals surface area contributed by atoms with E-state index in [0.29, 0.717) is 28.0 Å². The minimum absolute atomic E-state index is 0.485. The number of hydrogen-bond acceptors (Lipinski definition) is 4. The van der Waals surface area contributed by atoms with E-state index in [1.54, 1.807) is 18.3 Å². The van der Waals surface area contributed by atoms with Gasteiger partial charge in [-0.15, -0.1) is 0 Å². The molecule has 3 N–H and O–H groups in total. The van der Waals surface area contributed by atoms with Gasteiger partial charge in [-0.1, -0.05) is 23.2 Å². The van der Waals surface area contributed by atoms with Gasteiger partial charge in [-0.3, -0.25) is 0 Å². The van der Waals surface area contributed by atoms with Crippen molar-refractivity contribution in [2.75, 3.05) is 11.1 Å². The fourth-order valence-corrected chi connectivity index (χ4v) is 2.01. The number of halogens is 2. The Morgan fingerprint density at radius 1 is 1.24 bits per heavy atom. The summed E-state index contributed by atoms with van der Waals surface area (Å²) in [6.45, 7) is 0.497. The molecule has 0 aliphatic carbocycles. The van der Waals surface area contributed by atoms with Crippen LogP contribution < -0.4 is 11.1 Å². The molecule has 17 heavy (non-hydrogen) atoms. The standard InChI is InChI=1S/C11H10Cl2N4/c12-9-4-7(14)5-10(13)11(9)15-6-8-2-1-3-16-17-8/h1-5,15H,6,14H2. The molecule has 6 heteroatoms. The zero-order chi connectivity index (χ0) is 12.3. The first kappa shape index (κ1) is 12.0. The van der Waals surface area contributed by atoms with Crippen molar-refractivity contribution in [1.82, 2.24) is 10.2 Å². The number of nitrogens with two attached hydrogens (primary N) is 1. The zero-order valence-electron chi connectivity index (χ0n) is 8.82. The van der Waals surface area contributed by atoms with Gasteiger partial charge < -0.3 is 11.1 Å². The van der Waals surface area contributed by atoms with E-state index in [-0.39, 0.29) is 0 Å². The van der Waals surface area contributed by atoms with Crippen molar-refractivity contribution >= 4 is 34.6 Å². The second-order valence-electron chi connectivity index (χ2n) is 3.43. The lowest BCUT2D eigenvalue weighted by molar-refractivity contribution is 0.925. The molecule has 1 aromatic heterocycles. The summed E-state index contributed by atoms with van der Waals surface area (Å²) in [5.41, 5.74) is 7.60. The highest BCUT2D eigenvalue weighted by molar-refractivity contribution is 6.39. The zero-order valence-corrected chi connectivity index (χ0v) is 10.3. The maximum atomic E-state index is 6.04. The van der Waals surface area contributed by atoms with Crippen LogP contribution in [0.25, 0.3) is 0 Å². The van der Waals surface area contributed by atoms with Crippen molar-refractivity contribution in [1.29, 1.82) is 0 Å². The topological polar surface area (TPSA) is 63.8 Å². The number of aromatic nitrogens is 2. The van der Waals surface area contributed by atoms with Gasteiger partial charge in [0, 0.05) is 11.9 Å². The van der Waals surface area contributed by atoms with E-state index in [0.717, 1.165) is 5.69 Å². The third-order valence-electron chi connectivity index (χ3n) is 2.14. The summed E-state index contributed by atoms with van der Waals surface area (Å²) in [5.74, 6) is 0. The molecule has 2 rings (SSSR count). The first-order chi connectivity index (χ1) is 8.16. The molecule has 0 fully saturated rings. The number of nitrogens with one attached hydrogen (secondary N) is 1. The first-order valence-electron chi connectivity index (χ1n) is 4.92. The molecule has 0 saturated heterocycles. The van der Waals surface area contributed by atoms with Crippen molar-refractivity contribution in [3.8, 4) is 0 Å². The van der Waals surface area contributed by atoms with Crippen LogP contribution in [0.4, 0.5) is 11.4 Å². The minimum atomic E-state index is 0.485. The van der Waals surface area contributed by atoms with Gasteiger partial charge in [0.25, 0.3) is 0 Å². The highest BCUT2D eigenvalue weighted by Crippen LogP contribution is 2.32. The molecular formula is C11H10Cl2N4. The molecule has 4 nitrogen and oxygen atoms in total. The smallest absolute Gasteiger partial charge is 0.0821 e. The third-order valence-corrected chi connectivity index (χ3v) is 2.73. The van der Waals surface area contributed by atoms with E-state index in [9.17, 15) is 0 Å². The number of anilines is 2. The number of benzene rings is 1. The maximum Gasteiger partial charge on any atom is 0.0821 e. The fourth-order valence-electron chi connectivity index (χ4n) is 1.37. The van der Waals surface area contributed by atoms with Crippen LogP contribution >= 0.6 is 23.2 Å². The van der Waals surface area contributed by atoms with Gasteiger partial charge >= 0.3 is 0 Å². The molecule has 0 aliphatic heterocycles. The molecule has 0 bridgehead atoms. The molecule has 2 aromatic rings. The Balaban J connectivity index is 2.15. The van der Waals surface area contributed by atoms with Crippen LogP contribution in [-0.2, 0) is 6.54 Å². The Morgan fingerprint density at radius 3 is 2.53 bits per heavy atom. The van der Waals surface area contributed by atoms with Crippen LogP contribution in [0.5, 0.6) is 0 Å². The summed E-state index contributed by atoms with van der Waals surface area (Å²) in [6.07, 6.45) is 1.62. The van der Waals surface area contributed by atoms with Crippen LogP contribution in [0.15, 0.2) is 30.5 Å². The number of hydrogen-bond donors (Lipinski definition) is 2. The lowest BCUT2D eigenvalue weighted by Gasteiger charge is -2.10. The van der Waals surface area contributed by atoms with Crippen molar-refractivity contribution in [2.24, 2.45) is 0 Å². The molecule has 0 spiro atoms. The molecule has 0 amide bonds. The van der Waals surface area contributed by atoms with E-state index in [1.807, 2.05) is 12.1 Å². The van der Waals surface area contributed by atoms with E-state index in [2.05, 4.69) is 15.5 Å². The van der Waals surface area contributed by atoms with E-state index in [1.165, 1.54) is 0 Å². The Kier molecular flexibility index (Phi) is 3.66. The lowest BCUT2D eigenvalue weighted by atomic mass is 10.2. The average molecular weight is 269 g/mol. The Hall–Kier alpha value is -1.52. The van der Waals surface area contributed by atoms with Crippen LogP contribution in [0, 0.1) is 0 Å². The van der Waals surface area contributed by atoms with Gasteiger partial charge in [-0.2, -0.15) is 10.2 Å². The molecule has 0 unspecified atom stereocenters. The monoisotopic (exact) mass is 268 g/mol. The summed E-state index contributed by atoms with van der Waals surface area (Å²) in [6, 6.07) is 6.97. The minimum Gasteiger partial charge on any atom is -0.399 e. The molecule has 0 radical (unpaired) electrons. The molecule has 0 aliphatic rings. The molecule has 1 aromatic carbocycles. The second kappa shape index (κ2) is 5.21. The molecular weight excluding hydrogens is 259 g/mol. The van der Waals surface area contributed by atoms with Gasteiger partial charge in [0.15, 0.2) is 0 Å². The van der Waals surface area contributed by atoms with Crippen molar-refractivity contribution in [2.45, 2.75) is 6.54 Å². The number of rotatable bonds is 3. The highest BCUT2D eigenvalue weighted by Gasteiger charge is 2.07. The van der Waals surface area contributed by atoms with Crippen molar-refractivity contribution in [3.63, 3.8) is 0 Å². The highest BCUT2D eigenvalue weighted by atomic mass is 35.5. The van der Waals surface area contributed by atoms with Crippen molar-refractivity contribution in [3.05, 3.63) is 46.2 Å². The first-order valence-corrected chi connectivity index (χ1v) is 5.67. The normalized spacial score (nSPS) is 10.2. The average Bonchev–Trinajstić information content (AvgIpc) is 2.29. The number of nitrogens with zero attached hydrogens (tertiary/aromatic N) is 2. The number of nitrogen functional groups attached to an aromatic ring is 1. The van der Waals surface area contributed by atoms with Gasteiger partial charge in [-0.25, -0.2) is 0 Å². The summed E-state index contributed by atoms with van der Waals surface area (Å²) in [7, 11) is 0. The van der Waals surface area contributed by atoms with Crippen LogP contribution in [0.3, 0.4) is 0 Å². The SMILES string of the molecule is Nc1cc(Cl)c(NCc2cccnn2)c(Cl)c1. The second-order valence-corrected chi connectivity index (χ2v) is 4.24. The maximum absolute atomic E-state index is 6.04. The summed E-state index contributed by atoms with van der Waals surface area (Å²) < 4.78 is 0. The van der Waals surface area contributed by atoms with E-state index >= 15 is 0 Å². The van der Waals surface area contributed by atoms with E-state index < -0.39 is 0 Å². The van der Waals surface area contributed by atoms with Gasteiger partial charge in [0.05, 0.1) is 28.0 Å². The Morgan fingerprint density at radius 2 is 1.94 bits per heavy atom. The summed E-state index contributed by atoms with van der Waals surface area (Å²) in [5, 5.41) is 11.8. The largest absolute Gasteiger partial charge is 0.399 e. The quantitative estimate of drug-likeness (QED) is 0.841. The Labute approximate surface area is 109 Å². The van der Waals surface area contributed by atoms with E-state index in [4.69, 9.17) is 28.9 Å². The third kappa shape index (κ3) is 2.99. The summed E-state index contributed by atoms with van der Waals surface area (Å²) in [4.78, 5) is 0. The predicted octanol–water partition coefficient (Wildman–Crippen LogP) is 2.98.